The van der Waals surface area contributed by atoms with Gasteiger partial charge < -0.3 is 0 Å². The SMILES string of the molecule is O=C(N=S(=O)=O)N(c1ccccc1)[N+](=O)[O-]. The zero-order valence-corrected chi connectivity index (χ0v) is 8.49. The van der Waals surface area contributed by atoms with E-state index in [0.717, 1.165) is 0 Å². The Balaban J connectivity index is 3.16. The van der Waals surface area contributed by atoms with Crippen molar-refractivity contribution < 1.29 is 18.2 Å². The molecule has 0 N–H and O–H groups in total. The summed E-state index contributed by atoms with van der Waals surface area (Å²) in [6.45, 7) is 0. The molecule has 1 aromatic carbocycles. The maximum absolute atomic E-state index is 11.1. The number of carbonyl (C=O) groups excluding carboxylic acids is 1. The molecule has 0 unspecified atom stereocenters. The molecular formula is C7H5N3O5S. The minimum Gasteiger partial charge on any atom is -0.238 e. The van der Waals surface area contributed by atoms with Crippen LogP contribution in [0.4, 0.5) is 10.5 Å². The third-order valence-corrected chi connectivity index (χ3v) is 1.80. The summed E-state index contributed by atoms with van der Waals surface area (Å²) in [4.78, 5) is 21.7. The van der Waals surface area contributed by atoms with Crippen LogP contribution in [0.25, 0.3) is 0 Å². The van der Waals surface area contributed by atoms with E-state index in [0.29, 0.717) is 0 Å². The third-order valence-electron chi connectivity index (χ3n) is 1.50. The Kier molecular flexibility index (Phi) is 3.67. The fourth-order valence-electron chi connectivity index (χ4n) is 0.946. The summed E-state index contributed by atoms with van der Waals surface area (Å²) in [5.74, 6) is 0. The van der Waals surface area contributed by atoms with E-state index in [1.165, 1.54) is 24.3 Å². The Bertz CT molecular complexity index is 530. The molecule has 0 spiro atoms. The first-order valence-corrected chi connectivity index (χ1v) is 4.90. The molecule has 0 saturated heterocycles. The number of hydrogen-bond acceptors (Lipinski definition) is 5. The molecule has 0 aliphatic heterocycles. The van der Waals surface area contributed by atoms with Crippen LogP contribution in [0.5, 0.6) is 0 Å². The van der Waals surface area contributed by atoms with Crippen molar-refractivity contribution in [2.45, 2.75) is 0 Å². The number of amides is 2. The Morgan fingerprint density at radius 1 is 1.31 bits per heavy atom. The normalized spacial score (nSPS) is 9.25. The number of nitro groups is 1. The van der Waals surface area contributed by atoms with E-state index < -0.39 is 21.6 Å². The zero-order chi connectivity index (χ0) is 12.1. The van der Waals surface area contributed by atoms with E-state index in [4.69, 9.17) is 0 Å². The van der Waals surface area contributed by atoms with Crippen LogP contribution >= 0.6 is 0 Å². The predicted molar refractivity (Wildman–Crippen MR) is 52.7 cm³/mol. The molecule has 0 aliphatic carbocycles. The maximum atomic E-state index is 11.1. The highest BCUT2D eigenvalue weighted by molar-refractivity contribution is 7.62. The van der Waals surface area contributed by atoms with Crippen LogP contribution in [0.1, 0.15) is 0 Å². The van der Waals surface area contributed by atoms with Gasteiger partial charge in [0.15, 0.2) is 5.03 Å². The van der Waals surface area contributed by atoms with Crippen molar-refractivity contribution in [3.05, 3.63) is 40.4 Å². The van der Waals surface area contributed by atoms with Gasteiger partial charge in [-0.1, -0.05) is 22.6 Å². The van der Waals surface area contributed by atoms with Gasteiger partial charge >= 0.3 is 16.5 Å². The van der Waals surface area contributed by atoms with E-state index in [9.17, 15) is 23.3 Å². The molecular weight excluding hydrogens is 238 g/mol. The molecule has 8 nitrogen and oxygen atoms in total. The molecule has 9 heteroatoms. The van der Waals surface area contributed by atoms with E-state index in [2.05, 4.69) is 4.36 Å². The summed E-state index contributed by atoms with van der Waals surface area (Å²) in [5, 5.41) is 9.56. The van der Waals surface area contributed by atoms with Crippen LogP contribution < -0.4 is 5.01 Å². The smallest absolute Gasteiger partial charge is 0.238 e. The summed E-state index contributed by atoms with van der Waals surface area (Å²) < 4.78 is 22.8. The number of hydrazine groups is 1. The molecule has 16 heavy (non-hydrogen) atoms. The number of urea groups is 1. The molecule has 0 heterocycles. The fraction of sp³-hybridized carbons (Fsp3) is 0. The average Bonchev–Trinajstić information content (AvgIpc) is 2.17. The molecule has 0 aliphatic rings. The molecule has 0 fully saturated rings. The van der Waals surface area contributed by atoms with Crippen molar-refractivity contribution in [1.82, 2.24) is 0 Å². The Morgan fingerprint density at radius 2 is 1.88 bits per heavy atom. The summed E-state index contributed by atoms with van der Waals surface area (Å²) in [7, 11) is -3.03. The number of anilines is 1. The van der Waals surface area contributed by atoms with Crippen LogP contribution in [0.3, 0.4) is 0 Å². The van der Waals surface area contributed by atoms with Gasteiger partial charge in [-0.25, -0.2) is 14.9 Å². The number of rotatable bonds is 2. The molecule has 1 rings (SSSR count). The first kappa shape index (κ1) is 11.8. The van der Waals surface area contributed by atoms with Gasteiger partial charge in [-0.2, -0.15) is 8.42 Å². The highest BCUT2D eigenvalue weighted by Crippen LogP contribution is 2.14. The van der Waals surface area contributed by atoms with Crippen LogP contribution in [0, 0.1) is 10.1 Å². The maximum Gasteiger partial charge on any atom is 0.421 e. The van der Waals surface area contributed by atoms with Gasteiger partial charge in [-0.3, -0.25) is 0 Å². The lowest BCUT2D eigenvalue weighted by Gasteiger charge is -2.07. The average molecular weight is 243 g/mol. The van der Waals surface area contributed by atoms with Crippen molar-refractivity contribution in [2.24, 2.45) is 4.36 Å². The molecule has 84 valence electrons. The molecule has 1 aromatic rings. The summed E-state index contributed by atoms with van der Waals surface area (Å²) in [5.41, 5.74) is -0.0771. The van der Waals surface area contributed by atoms with Gasteiger partial charge in [0, 0.05) is 0 Å². The summed E-state index contributed by atoms with van der Waals surface area (Å²) in [6, 6.07) is 5.60. The van der Waals surface area contributed by atoms with Crippen LogP contribution in [0.2, 0.25) is 0 Å². The van der Waals surface area contributed by atoms with Gasteiger partial charge in [0.25, 0.3) is 0 Å². The van der Waals surface area contributed by atoms with Crippen molar-refractivity contribution in [1.29, 1.82) is 0 Å². The van der Waals surface area contributed by atoms with Crippen molar-refractivity contribution in [3.63, 3.8) is 0 Å². The van der Waals surface area contributed by atoms with Gasteiger partial charge in [0.05, 0.1) is 0 Å². The van der Waals surface area contributed by atoms with Crippen molar-refractivity contribution >= 4 is 22.2 Å². The highest BCUT2D eigenvalue weighted by atomic mass is 32.2. The van der Waals surface area contributed by atoms with E-state index in [1.54, 1.807) is 6.07 Å². The number of para-hydroxylation sites is 1. The topological polar surface area (TPSA) is 110 Å². The van der Waals surface area contributed by atoms with Crippen LogP contribution in [-0.4, -0.2) is 19.5 Å². The fourth-order valence-corrected chi connectivity index (χ4v) is 1.15. The molecule has 0 radical (unpaired) electrons. The van der Waals surface area contributed by atoms with E-state index >= 15 is 0 Å². The first-order valence-electron chi connectivity index (χ1n) is 3.87. The summed E-state index contributed by atoms with van der Waals surface area (Å²) >= 11 is 0. The Labute approximate surface area is 90.9 Å². The number of nitrogens with zero attached hydrogens (tertiary/aromatic N) is 3. The third kappa shape index (κ3) is 2.85. The Hall–Kier alpha value is -2.29. The monoisotopic (exact) mass is 243 g/mol. The molecule has 0 atom stereocenters. The Morgan fingerprint density at radius 3 is 2.31 bits per heavy atom. The zero-order valence-electron chi connectivity index (χ0n) is 7.68. The van der Waals surface area contributed by atoms with Crippen molar-refractivity contribution in [3.8, 4) is 0 Å². The lowest BCUT2D eigenvalue weighted by atomic mass is 10.3. The molecule has 0 saturated carbocycles. The molecule has 0 bridgehead atoms. The van der Waals surface area contributed by atoms with Gasteiger partial charge in [-0.15, -0.1) is 0 Å². The molecule has 2 amide bonds. The quantitative estimate of drug-likeness (QED) is 0.565. The molecule has 0 aromatic heterocycles. The van der Waals surface area contributed by atoms with Gasteiger partial charge in [-0.05, 0) is 17.1 Å². The largest absolute Gasteiger partial charge is 0.421 e. The lowest BCUT2D eigenvalue weighted by molar-refractivity contribution is -0.481. The van der Waals surface area contributed by atoms with E-state index in [1.807, 2.05) is 0 Å². The minimum atomic E-state index is -3.03. The number of benzene rings is 1. The second-order valence-electron chi connectivity index (χ2n) is 2.48. The number of hydrogen-bond donors (Lipinski definition) is 0. The van der Waals surface area contributed by atoms with Crippen LogP contribution in [0.15, 0.2) is 34.7 Å². The second kappa shape index (κ2) is 4.98. The lowest BCUT2D eigenvalue weighted by Crippen LogP contribution is -2.33. The van der Waals surface area contributed by atoms with E-state index in [-0.39, 0.29) is 10.7 Å². The van der Waals surface area contributed by atoms with Gasteiger partial charge in [0.1, 0.15) is 5.69 Å². The summed E-state index contributed by atoms with van der Waals surface area (Å²) in [6.07, 6.45) is 0. The van der Waals surface area contributed by atoms with Crippen molar-refractivity contribution in [2.75, 3.05) is 5.01 Å². The standard InChI is InChI=1S/C7H5N3O5S/c11-7(8-16(14)15)9(10(12)13)6-4-2-1-3-5-6/h1-5H. The number of carbonyl (C=O) groups is 1. The van der Waals surface area contributed by atoms with Gasteiger partial charge in [0.2, 0.25) is 0 Å². The minimum absolute atomic E-state index is 0.0375. The van der Waals surface area contributed by atoms with Crippen LogP contribution in [-0.2, 0) is 10.5 Å². The predicted octanol–water partition coefficient (Wildman–Crippen LogP) is 0.867. The highest BCUT2D eigenvalue weighted by Gasteiger charge is 2.26. The first-order chi connectivity index (χ1) is 7.52. The second-order valence-corrected chi connectivity index (χ2v) is 3.09.